The fraction of sp³-hybridized carbons (Fsp3) is 0.381. The third kappa shape index (κ3) is 1.94. The molecule has 3 nitrogen and oxygen atoms in total. The van der Waals surface area contributed by atoms with Crippen molar-refractivity contribution in [2.45, 2.75) is 38.0 Å². The highest BCUT2D eigenvalue weighted by atomic mass is 35.5. The van der Waals surface area contributed by atoms with Crippen LogP contribution in [0, 0.1) is 11.3 Å². The predicted molar refractivity (Wildman–Crippen MR) is 102 cm³/mol. The maximum atomic E-state index is 11.2. The molecule has 2 aromatic rings. The highest BCUT2D eigenvalue weighted by Gasteiger charge is 2.54. The van der Waals surface area contributed by atoms with Gasteiger partial charge >= 0.3 is 0 Å². The van der Waals surface area contributed by atoms with Crippen LogP contribution >= 0.6 is 11.6 Å². The van der Waals surface area contributed by atoms with Gasteiger partial charge in [0.15, 0.2) is 0 Å². The van der Waals surface area contributed by atoms with Gasteiger partial charge in [0, 0.05) is 38.4 Å². The molecule has 1 N–H and O–H groups in total. The Kier molecular flexibility index (Phi) is 3.41. The molecule has 0 saturated heterocycles. The van der Waals surface area contributed by atoms with Crippen LogP contribution in [0.5, 0.6) is 0 Å². The number of isocyanates is 1. The zero-order valence-electron chi connectivity index (χ0n) is 14.7. The van der Waals surface area contributed by atoms with Crippen LogP contribution in [0.3, 0.4) is 0 Å². The topological polar surface area (TPSA) is 45.2 Å². The van der Waals surface area contributed by atoms with Crippen molar-refractivity contribution in [2.75, 3.05) is 0 Å². The predicted octanol–water partition coefficient (Wildman–Crippen LogP) is 5.33. The third-order valence-electron chi connectivity index (χ3n) is 6.28. The van der Waals surface area contributed by atoms with E-state index in [1.807, 2.05) is 25.1 Å². The largest absolute Gasteiger partial charge is 0.357 e. The number of hydrogen-bond acceptors (Lipinski definition) is 2. The second-order valence-electron chi connectivity index (χ2n) is 7.85. The first-order valence-electron chi connectivity index (χ1n) is 8.58. The number of fused-ring (bicyclic) bond motifs is 5. The first-order chi connectivity index (χ1) is 11.9. The van der Waals surface area contributed by atoms with Crippen LogP contribution in [0.4, 0.5) is 0 Å². The second-order valence-corrected chi connectivity index (χ2v) is 8.38. The number of H-pyrrole nitrogens is 1. The Bertz CT molecular complexity index is 977. The number of aliphatic imine (C=N–C) groups is 1. The molecule has 4 heteroatoms. The fourth-order valence-electron chi connectivity index (χ4n) is 4.65. The van der Waals surface area contributed by atoms with Crippen molar-refractivity contribution >= 4 is 34.2 Å². The smallest absolute Gasteiger partial charge is 0.240 e. The molecule has 0 unspecified atom stereocenters. The van der Waals surface area contributed by atoms with E-state index in [4.69, 9.17) is 11.6 Å². The van der Waals surface area contributed by atoms with Crippen molar-refractivity contribution in [3.05, 3.63) is 53.9 Å². The van der Waals surface area contributed by atoms with Gasteiger partial charge in [-0.1, -0.05) is 38.1 Å². The van der Waals surface area contributed by atoms with Gasteiger partial charge < -0.3 is 4.98 Å². The van der Waals surface area contributed by atoms with E-state index < -0.39 is 5.41 Å². The summed E-state index contributed by atoms with van der Waals surface area (Å²) in [5.41, 5.74) is 4.66. The summed E-state index contributed by atoms with van der Waals surface area (Å²) in [5.74, 6) is 0.209. The van der Waals surface area contributed by atoms with E-state index in [2.05, 4.69) is 42.5 Å². The van der Waals surface area contributed by atoms with Crippen LogP contribution in [-0.2, 0) is 10.2 Å². The molecule has 25 heavy (non-hydrogen) atoms. The van der Waals surface area contributed by atoms with Gasteiger partial charge in [0.05, 0.1) is 5.70 Å². The summed E-state index contributed by atoms with van der Waals surface area (Å²) in [4.78, 5) is 19.0. The van der Waals surface area contributed by atoms with Gasteiger partial charge in [-0.3, -0.25) is 0 Å². The Balaban J connectivity index is 2.16. The maximum Gasteiger partial charge on any atom is 0.240 e. The second kappa shape index (κ2) is 5.20. The number of rotatable bonds is 2. The van der Waals surface area contributed by atoms with Gasteiger partial charge in [-0.2, -0.15) is 4.99 Å². The van der Waals surface area contributed by atoms with Gasteiger partial charge in [0.25, 0.3) is 0 Å². The van der Waals surface area contributed by atoms with Crippen molar-refractivity contribution in [1.29, 1.82) is 0 Å². The van der Waals surface area contributed by atoms with Crippen LogP contribution in [0.25, 0.3) is 16.5 Å². The number of para-hydroxylation sites is 1. The standard InChI is InChI=1S/C21H21ClN2O/c1-5-21(4)15(22)10-13-17(19(21)23-11-25)16-12-8-6-7-9-14(12)24-18(16)20(13,2)3/h5-9,13,15,24H,1,10H2,2-4H3/t13-,15+,21-/m0/s1. The number of halogens is 1. The minimum atomic E-state index is -0.555. The van der Waals surface area contributed by atoms with E-state index in [0.29, 0.717) is 5.70 Å². The molecule has 128 valence electrons. The van der Waals surface area contributed by atoms with Gasteiger partial charge in [-0.05, 0) is 30.9 Å². The Hall–Kier alpha value is -2.09. The molecular weight excluding hydrogens is 332 g/mol. The number of allylic oxidation sites excluding steroid dienone is 2. The van der Waals surface area contributed by atoms with Crippen molar-refractivity contribution in [2.24, 2.45) is 16.3 Å². The minimum Gasteiger partial charge on any atom is -0.357 e. The molecular formula is C21H21ClN2O. The molecule has 0 radical (unpaired) electrons. The Morgan fingerprint density at radius 1 is 1.36 bits per heavy atom. The number of benzene rings is 1. The van der Waals surface area contributed by atoms with E-state index in [9.17, 15) is 4.79 Å². The number of carbonyl (C=O) groups excluding carboxylic acids is 1. The molecule has 0 saturated carbocycles. The fourth-order valence-corrected chi connectivity index (χ4v) is 5.02. The van der Waals surface area contributed by atoms with E-state index in [1.165, 1.54) is 16.6 Å². The lowest BCUT2D eigenvalue weighted by Crippen LogP contribution is -2.39. The summed E-state index contributed by atoms with van der Waals surface area (Å²) in [7, 11) is 0. The monoisotopic (exact) mass is 352 g/mol. The number of nitrogens with zero attached hydrogens (tertiary/aromatic N) is 1. The summed E-state index contributed by atoms with van der Waals surface area (Å²) < 4.78 is 0. The van der Waals surface area contributed by atoms with Crippen LogP contribution in [-0.4, -0.2) is 16.4 Å². The molecule has 1 aromatic carbocycles. The number of aromatic nitrogens is 1. The molecule has 2 aliphatic carbocycles. The Morgan fingerprint density at radius 3 is 2.76 bits per heavy atom. The number of aromatic amines is 1. The first kappa shape index (κ1) is 16.4. The molecule has 1 heterocycles. The lowest BCUT2D eigenvalue weighted by molar-refractivity contribution is 0.314. The highest BCUT2D eigenvalue weighted by Crippen LogP contribution is 2.61. The van der Waals surface area contributed by atoms with Crippen molar-refractivity contribution in [3.8, 4) is 0 Å². The molecule has 3 atom stereocenters. The number of alkyl halides is 1. The van der Waals surface area contributed by atoms with Crippen LogP contribution in [0.2, 0.25) is 0 Å². The normalized spacial score (nSPS) is 29.9. The van der Waals surface area contributed by atoms with Crippen LogP contribution in [0.1, 0.15) is 38.4 Å². The van der Waals surface area contributed by atoms with Crippen molar-refractivity contribution in [1.82, 2.24) is 4.98 Å². The molecule has 4 rings (SSSR count). The molecule has 0 amide bonds. The third-order valence-corrected chi connectivity index (χ3v) is 6.91. The lowest BCUT2D eigenvalue weighted by atomic mass is 9.65. The summed E-state index contributed by atoms with van der Waals surface area (Å²) in [6.07, 6.45) is 4.40. The van der Waals surface area contributed by atoms with Gasteiger partial charge in [-0.25, -0.2) is 4.79 Å². The highest BCUT2D eigenvalue weighted by molar-refractivity contribution is 6.22. The van der Waals surface area contributed by atoms with E-state index >= 15 is 0 Å². The quantitative estimate of drug-likeness (QED) is 0.338. The van der Waals surface area contributed by atoms with Gasteiger partial charge in [0.2, 0.25) is 6.08 Å². The van der Waals surface area contributed by atoms with Gasteiger partial charge in [-0.15, -0.1) is 18.2 Å². The molecule has 0 aliphatic heterocycles. The number of nitrogens with one attached hydrogen (secondary N) is 1. The molecule has 0 fully saturated rings. The van der Waals surface area contributed by atoms with Crippen molar-refractivity contribution in [3.63, 3.8) is 0 Å². The van der Waals surface area contributed by atoms with Crippen LogP contribution in [0.15, 0.2) is 47.6 Å². The molecule has 0 bridgehead atoms. The SMILES string of the molecule is C=C[C@]1(C)C(N=C=O)=C2c3c([nH]c4ccccc34)C(C)(C)[C@H]2C[C@H]1Cl. The summed E-state index contributed by atoms with van der Waals surface area (Å²) in [5, 5.41) is 1.00. The Labute approximate surface area is 152 Å². The van der Waals surface area contributed by atoms with E-state index in [0.717, 1.165) is 17.5 Å². The zero-order chi connectivity index (χ0) is 18.0. The first-order valence-corrected chi connectivity index (χ1v) is 9.01. The van der Waals surface area contributed by atoms with Crippen LogP contribution < -0.4 is 0 Å². The average molecular weight is 353 g/mol. The number of hydrogen-bond donors (Lipinski definition) is 1. The van der Waals surface area contributed by atoms with Crippen molar-refractivity contribution < 1.29 is 4.79 Å². The summed E-state index contributed by atoms with van der Waals surface area (Å²) >= 11 is 6.77. The average Bonchev–Trinajstić information content (AvgIpc) is 3.07. The van der Waals surface area contributed by atoms with E-state index in [1.54, 1.807) is 6.08 Å². The summed E-state index contributed by atoms with van der Waals surface area (Å²) in [6, 6.07) is 8.28. The van der Waals surface area contributed by atoms with E-state index in [-0.39, 0.29) is 16.7 Å². The Morgan fingerprint density at radius 2 is 2.08 bits per heavy atom. The zero-order valence-corrected chi connectivity index (χ0v) is 15.4. The minimum absolute atomic E-state index is 0.108. The summed E-state index contributed by atoms with van der Waals surface area (Å²) in [6.45, 7) is 10.5. The molecule has 2 aliphatic rings. The molecule has 0 spiro atoms. The van der Waals surface area contributed by atoms with Gasteiger partial charge in [0.1, 0.15) is 0 Å². The maximum absolute atomic E-state index is 11.2. The molecule has 1 aromatic heterocycles. The lowest BCUT2D eigenvalue weighted by Gasteiger charge is -2.42.